The number of rotatable bonds is 13. The van der Waals surface area contributed by atoms with E-state index in [0.717, 1.165) is 15.4 Å². The van der Waals surface area contributed by atoms with Crippen molar-refractivity contribution in [1.82, 2.24) is 10.2 Å². The van der Waals surface area contributed by atoms with E-state index in [2.05, 4.69) is 5.32 Å². The van der Waals surface area contributed by atoms with E-state index in [0.29, 0.717) is 17.3 Å². The Balaban J connectivity index is 1.78. The molecule has 4 rings (SSSR count). The topological polar surface area (TPSA) is 96.0 Å². The van der Waals surface area contributed by atoms with Gasteiger partial charge in [-0.05, 0) is 66.6 Å². The van der Waals surface area contributed by atoms with Crippen LogP contribution in [0.5, 0.6) is 5.75 Å². The zero-order valence-corrected chi connectivity index (χ0v) is 25.6. The van der Waals surface area contributed by atoms with Gasteiger partial charge >= 0.3 is 0 Å². The fourth-order valence-corrected chi connectivity index (χ4v) is 6.19. The number of carbonyl (C=O) groups excluding carboxylic acids is 2. The third-order valence-corrected chi connectivity index (χ3v) is 8.90. The van der Waals surface area contributed by atoms with Crippen LogP contribution in [0.4, 0.5) is 5.69 Å². The molecule has 0 saturated heterocycles. The van der Waals surface area contributed by atoms with Gasteiger partial charge in [-0.3, -0.25) is 13.9 Å². The fraction of sp³-hybridized carbons (Fsp3) is 0.212. The SMILES string of the molecule is CCNC(=O)C(Cc1ccccc1)N(Cc1ccc(Cl)cc1)C(=O)CN(c1ccc(OC)cc1)S(=O)(=O)c1ccccc1. The molecule has 4 aromatic rings. The van der Waals surface area contributed by atoms with E-state index in [1.165, 1.54) is 24.1 Å². The molecule has 0 bridgehead atoms. The highest BCUT2D eigenvalue weighted by Gasteiger charge is 2.34. The van der Waals surface area contributed by atoms with Gasteiger partial charge in [0.15, 0.2) is 0 Å². The maximum absolute atomic E-state index is 14.3. The number of ether oxygens (including phenoxy) is 1. The van der Waals surface area contributed by atoms with E-state index in [9.17, 15) is 18.0 Å². The molecule has 0 aliphatic rings. The number of hydrogen-bond donors (Lipinski definition) is 1. The first-order valence-electron chi connectivity index (χ1n) is 13.8. The Kier molecular flexibility index (Phi) is 10.8. The van der Waals surface area contributed by atoms with Crippen molar-refractivity contribution in [1.29, 1.82) is 0 Å². The van der Waals surface area contributed by atoms with Gasteiger partial charge in [-0.1, -0.05) is 72.3 Å². The number of halogens is 1. The van der Waals surface area contributed by atoms with Crippen LogP contribution in [0.15, 0.2) is 114 Å². The molecule has 0 aromatic heterocycles. The van der Waals surface area contributed by atoms with Gasteiger partial charge in [0.2, 0.25) is 11.8 Å². The van der Waals surface area contributed by atoms with Crippen molar-refractivity contribution < 1.29 is 22.7 Å². The Morgan fingerprint density at radius 1 is 0.837 bits per heavy atom. The number of methoxy groups -OCH3 is 1. The zero-order valence-electron chi connectivity index (χ0n) is 24.0. The highest BCUT2D eigenvalue weighted by atomic mass is 35.5. The van der Waals surface area contributed by atoms with Crippen LogP contribution in [0.25, 0.3) is 0 Å². The van der Waals surface area contributed by atoms with E-state index in [-0.39, 0.29) is 29.5 Å². The molecule has 8 nitrogen and oxygen atoms in total. The average Bonchev–Trinajstić information content (AvgIpc) is 3.03. The summed E-state index contributed by atoms with van der Waals surface area (Å²) < 4.78 is 34.3. The lowest BCUT2D eigenvalue weighted by molar-refractivity contribution is -0.140. The number of likely N-dealkylation sites (N-methyl/N-ethyl adjacent to an activating group) is 1. The van der Waals surface area contributed by atoms with Crippen molar-refractivity contribution in [3.8, 4) is 5.75 Å². The molecule has 0 aliphatic heterocycles. The van der Waals surface area contributed by atoms with Crippen LogP contribution in [-0.2, 0) is 32.6 Å². The summed E-state index contributed by atoms with van der Waals surface area (Å²) >= 11 is 6.11. The van der Waals surface area contributed by atoms with Gasteiger partial charge in [0.25, 0.3) is 10.0 Å². The molecule has 0 saturated carbocycles. The van der Waals surface area contributed by atoms with Gasteiger partial charge < -0.3 is 15.0 Å². The van der Waals surface area contributed by atoms with E-state index in [1.807, 2.05) is 30.3 Å². The molecule has 0 aliphatic carbocycles. The van der Waals surface area contributed by atoms with E-state index >= 15 is 0 Å². The maximum Gasteiger partial charge on any atom is 0.264 e. The number of hydrogen-bond acceptors (Lipinski definition) is 5. The van der Waals surface area contributed by atoms with E-state index < -0.39 is 28.5 Å². The highest BCUT2D eigenvalue weighted by molar-refractivity contribution is 7.92. The van der Waals surface area contributed by atoms with Gasteiger partial charge in [-0.15, -0.1) is 0 Å². The number of sulfonamides is 1. The lowest BCUT2D eigenvalue weighted by Gasteiger charge is -2.33. The van der Waals surface area contributed by atoms with Gasteiger partial charge in [0, 0.05) is 24.5 Å². The van der Waals surface area contributed by atoms with Crippen LogP contribution >= 0.6 is 11.6 Å². The molecule has 1 N–H and O–H groups in total. The molecule has 1 unspecified atom stereocenters. The molecule has 2 amide bonds. The monoisotopic (exact) mass is 619 g/mol. The first kappa shape index (κ1) is 31.6. The first-order chi connectivity index (χ1) is 20.7. The fourth-order valence-electron chi connectivity index (χ4n) is 4.63. The number of nitrogens with one attached hydrogen (secondary N) is 1. The van der Waals surface area contributed by atoms with Crippen molar-refractivity contribution in [2.24, 2.45) is 0 Å². The summed E-state index contributed by atoms with van der Waals surface area (Å²) in [6.07, 6.45) is 0.236. The van der Waals surface area contributed by atoms with Crippen LogP contribution in [0, 0.1) is 0 Å². The molecule has 1 atom stereocenters. The van der Waals surface area contributed by atoms with Gasteiger partial charge in [-0.25, -0.2) is 8.42 Å². The summed E-state index contributed by atoms with van der Waals surface area (Å²) in [6, 6.07) is 29.8. The van der Waals surface area contributed by atoms with Crippen LogP contribution < -0.4 is 14.4 Å². The quantitative estimate of drug-likeness (QED) is 0.219. The molecular weight excluding hydrogens is 586 g/mol. The van der Waals surface area contributed by atoms with Crippen molar-refractivity contribution in [3.05, 3.63) is 125 Å². The predicted octanol–water partition coefficient (Wildman–Crippen LogP) is 5.32. The maximum atomic E-state index is 14.3. The number of anilines is 1. The minimum Gasteiger partial charge on any atom is -0.497 e. The molecule has 0 heterocycles. The van der Waals surface area contributed by atoms with Crippen molar-refractivity contribution in [3.63, 3.8) is 0 Å². The van der Waals surface area contributed by atoms with Gasteiger partial charge in [0.1, 0.15) is 18.3 Å². The Bertz CT molecular complexity index is 1600. The first-order valence-corrected chi connectivity index (χ1v) is 15.6. The molecule has 4 aromatic carbocycles. The summed E-state index contributed by atoms with van der Waals surface area (Å²) in [5.41, 5.74) is 1.88. The van der Waals surface area contributed by atoms with Gasteiger partial charge in [-0.2, -0.15) is 0 Å². The molecule has 43 heavy (non-hydrogen) atoms. The molecule has 0 radical (unpaired) electrons. The minimum atomic E-state index is -4.17. The summed E-state index contributed by atoms with van der Waals surface area (Å²) in [7, 11) is -2.66. The lowest BCUT2D eigenvalue weighted by atomic mass is 10.0. The minimum absolute atomic E-state index is 0.0347. The summed E-state index contributed by atoms with van der Waals surface area (Å²) in [5.74, 6) is -0.344. The van der Waals surface area contributed by atoms with Crippen molar-refractivity contribution >= 4 is 39.1 Å². The molecular formula is C33H34ClN3O5S. The largest absolute Gasteiger partial charge is 0.497 e. The molecule has 224 valence electrons. The van der Waals surface area contributed by atoms with Gasteiger partial charge in [0.05, 0.1) is 17.7 Å². The number of carbonyl (C=O) groups is 2. The third kappa shape index (κ3) is 8.15. The lowest BCUT2D eigenvalue weighted by Crippen LogP contribution is -2.53. The van der Waals surface area contributed by atoms with Crippen LogP contribution in [0.2, 0.25) is 5.02 Å². The smallest absolute Gasteiger partial charge is 0.264 e. The molecule has 0 fully saturated rings. The number of nitrogens with zero attached hydrogens (tertiary/aromatic N) is 2. The van der Waals surface area contributed by atoms with E-state index in [1.54, 1.807) is 73.7 Å². The average molecular weight is 620 g/mol. The second kappa shape index (κ2) is 14.7. The Hall–Kier alpha value is -4.34. The Labute approximate surface area is 257 Å². The summed E-state index contributed by atoms with van der Waals surface area (Å²) in [5, 5.41) is 3.38. The van der Waals surface area contributed by atoms with Crippen LogP contribution in [-0.4, -0.2) is 51.4 Å². The second-order valence-corrected chi connectivity index (χ2v) is 12.1. The number of benzene rings is 4. The standard InChI is InChI=1S/C33H34ClN3O5S/c1-3-35-33(39)31(22-25-10-6-4-7-11-25)36(23-26-14-16-27(34)17-15-26)32(38)24-37(28-18-20-29(42-2)21-19-28)43(40,41)30-12-8-5-9-13-30/h4-21,31H,3,22-24H2,1-2H3,(H,35,39). The molecule has 10 heteroatoms. The molecule has 0 spiro atoms. The summed E-state index contributed by atoms with van der Waals surface area (Å²) in [4.78, 5) is 29.3. The van der Waals surface area contributed by atoms with Crippen LogP contribution in [0.1, 0.15) is 18.1 Å². The van der Waals surface area contributed by atoms with E-state index in [4.69, 9.17) is 16.3 Å². The number of amides is 2. The predicted molar refractivity (Wildman–Crippen MR) is 169 cm³/mol. The second-order valence-electron chi connectivity index (χ2n) is 9.77. The Morgan fingerprint density at radius 3 is 2.02 bits per heavy atom. The van der Waals surface area contributed by atoms with Crippen LogP contribution in [0.3, 0.4) is 0 Å². The normalized spacial score (nSPS) is 11.8. The Morgan fingerprint density at radius 2 is 1.44 bits per heavy atom. The zero-order chi connectivity index (χ0) is 30.8. The highest BCUT2D eigenvalue weighted by Crippen LogP contribution is 2.27. The third-order valence-electron chi connectivity index (χ3n) is 6.86. The van der Waals surface area contributed by atoms with Crippen molar-refractivity contribution in [2.45, 2.75) is 30.8 Å². The summed E-state index contributed by atoms with van der Waals surface area (Å²) in [6.45, 7) is 1.70. The van der Waals surface area contributed by atoms with Crippen molar-refractivity contribution in [2.75, 3.05) is 24.5 Å².